The molecule has 1 unspecified atom stereocenters. The summed E-state index contributed by atoms with van der Waals surface area (Å²) in [5.74, 6) is 0. The van der Waals surface area contributed by atoms with Crippen LogP contribution in [0.4, 0.5) is 0 Å². The number of hydrogen-bond acceptors (Lipinski definition) is 3. The first-order valence-corrected chi connectivity index (χ1v) is 2.58. The summed E-state index contributed by atoms with van der Waals surface area (Å²) in [6.45, 7) is 1.74. The molecule has 8 heavy (non-hydrogen) atoms. The molecule has 2 N–H and O–H groups in total. The Kier molecular flexibility index (Phi) is 2.97. The third kappa shape index (κ3) is 2.26. The fraction of sp³-hybridized carbons (Fsp3) is 1.00. The summed E-state index contributed by atoms with van der Waals surface area (Å²) in [5, 5.41) is 17.0. The Bertz CT molecular complexity index is 55.4. The van der Waals surface area contributed by atoms with E-state index in [2.05, 4.69) is 0 Å². The maximum atomic E-state index is 8.51. The SMILES string of the molecule is CC(C(O)O)N(C)C. The second-order valence-corrected chi connectivity index (χ2v) is 2.12. The quantitative estimate of drug-likeness (QED) is 0.470. The highest BCUT2D eigenvalue weighted by Crippen LogP contribution is 1.93. The molecule has 0 aromatic rings. The highest BCUT2D eigenvalue weighted by atomic mass is 16.5. The van der Waals surface area contributed by atoms with Crippen molar-refractivity contribution in [2.24, 2.45) is 0 Å². The highest BCUT2D eigenvalue weighted by molar-refractivity contribution is 4.58. The molecule has 0 radical (unpaired) electrons. The zero-order valence-electron chi connectivity index (χ0n) is 5.50. The fourth-order valence-corrected chi connectivity index (χ4v) is 0.267. The largest absolute Gasteiger partial charge is 0.367 e. The smallest absolute Gasteiger partial charge is 0.166 e. The lowest BCUT2D eigenvalue weighted by Gasteiger charge is -2.20. The fourth-order valence-electron chi connectivity index (χ4n) is 0.267. The van der Waals surface area contributed by atoms with Crippen molar-refractivity contribution in [3.8, 4) is 0 Å². The van der Waals surface area contributed by atoms with Gasteiger partial charge in [-0.3, -0.25) is 0 Å². The van der Waals surface area contributed by atoms with E-state index in [1.807, 2.05) is 0 Å². The maximum absolute atomic E-state index is 8.51. The molecule has 0 fully saturated rings. The Morgan fingerprint density at radius 1 is 1.25 bits per heavy atom. The molecule has 0 saturated heterocycles. The van der Waals surface area contributed by atoms with Gasteiger partial charge in [0.25, 0.3) is 0 Å². The van der Waals surface area contributed by atoms with Gasteiger partial charge < -0.3 is 15.1 Å². The Morgan fingerprint density at radius 3 is 1.62 bits per heavy atom. The first kappa shape index (κ1) is 7.88. The molecule has 0 amide bonds. The second-order valence-electron chi connectivity index (χ2n) is 2.12. The summed E-state index contributed by atoms with van der Waals surface area (Å²) in [6.07, 6.45) is -1.23. The number of aliphatic hydroxyl groups excluding tert-OH is 1. The second kappa shape index (κ2) is 3.02. The Hall–Kier alpha value is -0.120. The van der Waals surface area contributed by atoms with Crippen LogP contribution in [0.2, 0.25) is 0 Å². The molecule has 0 saturated carbocycles. The molecule has 50 valence electrons. The van der Waals surface area contributed by atoms with Gasteiger partial charge in [0.05, 0.1) is 6.04 Å². The molecule has 3 heteroatoms. The predicted octanol–water partition coefficient (Wildman–Crippen LogP) is -0.753. The van der Waals surface area contributed by atoms with Crippen molar-refractivity contribution >= 4 is 0 Å². The van der Waals surface area contributed by atoms with Crippen molar-refractivity contribution in [3.63, 3.8) is 0 Å². The minimum atomic E-state index is -1.23. The first-order valence-electron chi connectivity index (χ1n) is 2.58. The van der Waals surface area contributed by atoms with Crippen LogP contribution in [0.25, 0.3) is 0 Å². The summed E-state index contributed by atoms with van der Waals surface area (Å²) in [5.41, 5.74) is 0. The van der Waals surface area contributed by atoms with Crippen LogP contribution in [0.5, 0.6) is 0 Å². The van der Waals surface area contributed by atoms with Crippen molar-refractivity contribution < 1.29 is 10.2 Å². The molecule has 0 rings (SSSR count). The summed E-state index contributed by atoms with van der Waals surface area (Å²) >= 11 is 0. The van der Waals surface area contributed by atoms with Crippen molar-refractivity contribution in [2.45, 2.75) is 19.3 Å². The Balaban J connectivity index is 3.46. The lowest BCUT2D eigenvalue weighted by Crippen LogP contribution is -2.35. The summed E-state index contributed by atoms with van der Waals surface area (Å²) in [4.78, 5) is 1.74. The van der Waals surface area contributed by atoms with E-state index in [1.165, 1.54) is 0 Å². The van der Waals surface area contributed by atoms with Gasteiger partial charge in [0.2, 0.25) is 0 Å². The molecule has 3 nitrogen and oxygen atoms in total. The van der Waals surface area contributed by atoms with Crippen LogP contribution in [-0.2, 0) is 0 Å². The lowest BCUT2D eigenvalue weighted by atomic mass is 10.3. The maximum Gasteiger partial charge on any atom is 0.166 e. The molecule has 0 spiro atoms. The summed E-state index contributed by atoms with van der Waals surface area (Å²) < 4.78 is 0. The van der Waals surface area contributed by atoms with Gasteiger partial charge in [-0.15, -0.1) is 0 Å². The van der Waals surface area contributed by atoms with Crippen molar-refractivity contribution in [1.29, 1.82) is 0 Å². The van der Waals surface area contributed by atoms with Gasteiger partial charge in [-0.05, 0) is 21.0 Å². The normalized spacial score (nSPS) is 15.4. The van der Waals surface area contributed by atoms with Crippen LogP contribution >= 0.6 is 0 Å². The third-order valence-electron chi connectivity index (χ3n) is 1.25. The predicted molar refractivity (Wildman–Crippen MR) is 31.4 cm³/mol. The lowest BCUT2D eigenvalue weighted by molar-refractivity contribution is -0.0853. The molecule has 1 atom stereocenters. The molecule has 0 aromatic heterocycles. The topological polar surface area (TPSA) is 43.7 Å². The van der Waals surface area contributed by atoms with Gasteiger partial charge in [-0.25, -0.2) is 0 Å². The van der Waals surface area contributed by atoms with Crippen LogP contribution in [0, 0.1) is 0 Å². The van der Waals surface area contributed by atoms with E-state index < -0.39 is 6.29 Å². The van der Waals surface area contributed by atoms with Crippen molar-refractivity contribution in [2.75, 3.05) is 14.1 Å². The van der Waals surface area contributed by atoms with Crippen molar-refractivity contribution in [3.05, 3.63) is 0 Å². The zero-order chi connectivity index (χ0) is 6.73. The molecular weight excluding hydrogens is 106 g/mol. The van der Waals surface area contributed by atoms with E-state index in [9.17, 15) is 0 Å². The monoisotopic (exact) mass is 119 g/mol. The van der Waals surface area contributed by atoms with E-state index >= 15 is 0 Å². The van der Waals surface area contributed by atoms with Crippen LogP contribution in [-0.4, -0.2) is 41.5 Å². The van der Waals surface area contributed by atoms with Gasteiger partial charge in [0.1, 0.15) is 0 Å². The molecule has 0 aliphatic rings. The van der Waals surface area contributed by atoms with E-state index in [-0.39, 0.29) is 6.04 Å². The Labute approximate surface area is 49.5 Å². The number of aliphatic hydroxyl groups is 2. The van der Waals surface area contributed by atoms with Gasteiger partial charge in [0.15, 0.2) is 6.29 Å². The molecule has 0 heterocycles. The Morgan fingerprint density at radius 2 is 1.62 bits per heavy atom. The summed E-state index contributed by atoms with van der Waals surface area (Å²) in [6, 6.07) is -0.185. The minimum absolute atomic E-state index is 0.185. The average molecular weight is 119 g/mol. The average Bonchev–Trinajstić information content (AvgIpc) is 1.64. The molecule has 0 aromatic carbocycles. The zero-order valence-corrected chi connectivity index (χ0v) is 5.50. The number of rotatable bonds is 2. The molecule has 0 aliphatic carbocycles. The van der Waals surface area contributed by atoms with E-state index in [0.717, 1.165) is 0 Å². The van der Waals surface area contributed by atoms with E-state index in [0.29, 0.717) is 0 Å². The number of hydrogen-bond donors (Lipinski definition) is 2. The van der Waals surface area contributed by atoms with Crippen LogP contribution < -0.4 is 0 Å². The number of likely N-dealkylation sites (N-methyl/N-ethyl adjacent to an activating group) is 1. The summed E-state index contributed by atoms with van der Waals surface area (Å²) in [7, 11) is 3.59. The van der Waals surface area contributed by atoms with Crippen LogP contribution in [0.1, 0.15) is 6.92 Å². The van der Waals surface area contributed by atoms with Crippen LogP contribution in [0.15, 0.2) is 0 Å². The standard InChI is InChI=1S/C5H13NO2/c1-4(5(7)8)6(2)3/h4-5,7-8H,1-3H3. The van der Waals surface area contributed by atoms with Gasteiger partial charge in [-0.2, -0.15) is 0 Å². The van der Waals surface area contributed by atoms with Gasteiger partial charge in [-0.1, -0.05) is 0 Å². The van der Waals surface area contributed by atoms with Crippen molar-refractivity contribution in [1.82, 2.24) is 4.90 Å². The van der Waals surface area contributed by atoms with Gasteiger partial charge in [0, 0.05) is 0 Å². The highest BCUT2D eigenvalue weighted by Gasteiger charge is 2.10. The van der Waals surface area contributed by atoms with E-state index in [1.54, 1.807) is 25.9 Å². The molecular formula is C5H13NO2. The number of nitrogens with zero attached hydrogens (tertiary/aromatic N) is 1. The third-order valence-corrected chi connectivity index (χ3v) is 1.25. The first-order chi connectivity index (χ1) is 3.55. The molecule has 0 aliphatic heterocycles. The van der Waals surface area contributed by atoms with E-state index in [4.69, 9.17) is 10.2 Å². The minimum Gasteiger partial charge on any atom is -0.367 e. The molecule has 0 bridgehead atoms. The van der Waals surface area contributed by atoms with Crippen LogP contribution in [0.3, 0.4) is 0 Å². The van der Waals surface area contributed by atoms with Gasteiger partial charge >= 0.3 is 0 Å².